The SMILES string of the molecule is Cc1cc(CC(=O)c2cn(C)c3ccc(C(F)(F)F)cc23)ccn1. The maximum absolute atomic E-state index is 12.9. The monoisotopic (exact) mass is 332 g/mol. The lowest BCUT2D eigenvalue weighted by molar-refractivity contribution is -0.137. The number of carbonyl (C=O) groups excluding carboxylic acids is 1. The van der Waals surface area contributed by atoms with Crippen LogP contribution in [0.25, 0.3) is 10.9 Å². The molecule has 0 saturated heterocycles. The first kappa shape index (κ1) is 16.2. The van der Waals surface area contributed by atoms with E-state index in [1.807, 2.05) is 6.92 Å². The average Bonchev–Trinajstić information content (AvgIpc) is 2.83. The molecule has 0 atom stereocenters. The van der Waals surface area contributed by atoms with Gasteiger partial charge in [-0.1, -0.05) is 0 Å². The lowest BCUT2D eigenvalue weighted by Gasteiger charge is -2.07. The van der Waals surface area contributed by atoms with E-state index in [0.29, 0.717) is 16.5 Å². The van der Waals surface area contributed by atoms with Gasteiger partial charge in [-0.2, -0.15) is 13.2 Å². The van der Waals surface area contributed by atoms with E-state index in [1.54, 1.807) is 36.1 Å². The zero-order chi connectivity index (χ0) is 17.5. The third-order valence-electron chi connectivity index (χ3n) is 3.94. The number of nitrogens with zero attached hydrogens (tertiary/aromatic N) is 2. The van der Waals surface area contributed by atoms with Crippen LogP contribution in [0.1, 0.15) is 27.2 Å². The van der Waals surface area contributed by atoms with Gasteiger partial charge in [0.2, 0.25) is 0 Å². The first-order chi connectivity index (χ1) is 11.3. The Morgan fingerprint density at radius 1 is 1.21 bits per heavy atom. The molecular formula is C18H15F3N2O. The van der Waals surface area contributed by atoms with Gasteiger partial charge < -0.3 is 4.57 Å². The quantitative estimate of drug-likeness (QED) is 0.669. The van der Waals surface area contributed by atoms with Crippen molar-refractivity contribution in [1.29, 1.82) is 0 Å². The van der Waals surface area contributed by atoms with E-state index in [0.717, 1.165) is 23.4 Å². The molecule has 1 aromatic carbocycles. The van der Waals surface area contributed by atoms with Gasteiger partial charge in [-0.15, -0.1) is 0 Å². The van der Waals surface area contributed by atoms with Crippen LogP contribution in [0.3, 0.4) is 0 Å². The highest BCUT2D eigenvalue weighted by atomic mass is 19.4. The smallest absolute Gasteiger partial charge is 0.350 e. The first-order valence-corrected chi connectivity index (χ1v) is 7.37. The largest absolute Gasteiger partial charge is 0.416 e. The van der Waals surface area contributed by atoms with E-state index in [1.165, 1.54) is 6.07 Å². The molecule has 0 fully saturated rings. The molecule has 124 valence electrons. The molecule has 24 heavy (non-hydrogen) atoms. The van der Waals surface area contributed by atoms with Crippen molar-refractivity contribution in [3.05, 3.63) is 65.1 Å². The predicted octanol–water partition coefficient (Wildman–Crippen LogP) is 4.33. The Morgan fingerprint density at radius 3 is 2.62 bits per heavy atom. The molecule has 3 aromatic rings. The standard InChI is InChI=1S/C18H15F3N2O/c1-11-7-12(5-6-22-11)8-17(24)15-10-23(2)16-4-3-13(9-14(15)16)18(19,20)21/h3-7,9-10H,8H2,1-2H3. The van der Waals surface area contributed by atoms with Gasteiger partial charge in [0, 0.05) is 48.0 Å². The Morgan fingerprint density at radius 2 is 1.96 bits per heavy atom. The average molecular weight is 332 g/mol. The Hall–Kier alpha value is -2.63. The molecule has 0 aliphatic rings. The molecule has 0 radical (unpaired) electrons. The second-order valence-corrected chi connectivity index (χ2v) is 5.79. The third kappa shape index (κ3) is 3.04. The number of fused-ring (bicyclic) bond motifs is 1. The number of hydrogen-bond acceptors (Lipinski definition) is 2. The summed E-state index contributed by atoms with van der Waals surface area (Å²) < 4.78 is 40.5. The number of hydrogen-bond donors (Lipinski definition) is 0. The molecule has 3 rings (SSSR count). The summed E-state index contributed by atoms with van der Waals surface area (Å²) in [6.07, 6.45) is -1.12. The number of halogens is 3. The molecule has 0 saturated carbocycles. The molecule has 2 aromatic heterocycles. The zero-order valence-corrected chi connectivity index (χ0v) is 13.2. The Balaban J connectivity index is 2.03. The van der Waals surface area contributed by atoms with E-state index in [9.17, 15) is 18.0 Å². The molecule has 0 aliphatic heterocycles. The van der Waals surface area contributed by atoms with Crippen molar-refractivity contribution in [2.24, 2.45) is 7.05 Å². The molecule has 0 amide bonds. The number of carbonyl (C=O) groups is 1. The van der Waals surface area contributed by atoms with Crippen LogP contribution >= 0.6 is 0 Å². The molecule has 6 heteroatoms. The van der Waals surface area contributed by atoms with Crippen molar-refractivity contribution in [3.8, 4) is 0 Å². The van der Waals surface area contributed by atoms with Crippen LogP contribution in [-0.2, 0) is 19.6 Å². The van der Waals surface area contributed by atoms with Gasteiger partial charge >= 0.3 is 6.18 Å². The molecule has 0 spiro atoms. The van der Waals surface area contributed by atoms with Crippen LogP contribution in [0.15, 0.2) is 42.7 Å². The van der Waals surface area contributed by atoms with Gasteiger partial charge in [-0.05, 0) is 42.8 Å². The minimum atomic E-state index is -4.44. The van der Waals surface area contributed by atoms with Crippen LogP contribution in [0.2, 0.25) is 0 Å². The van der Waals surface area contributed by atoms with Crippen molar-refractivity contribution in [2.45, 2.75) is 19.5 Å². The van der Waals surface area contributed by atoms with Gasteiger partial charge in [-0.3, -0.25) is 9.78 Å². The molecule has 0 N–H and O–H groups in total. The lowest BCUT2D eigenvalue weighted by atomic mass is 10.0. The van der Waals surface area contributed by atoms with Gasteiger partial charge in [0.1, 0.15) is 0 Å². The van der Waals surface area contributed by atoms with E-state index in [2.05, 4.69) is 4.98 Å². The zero-order valence-electron chi connectivity index (χ0n) is 13.2. The molecule has 0 bridgehead atoms. The van der Waals surface area contributed by atoms with Crippen molar-refractivity contribution < 1.29 is 18.0 Å². The number of Topliss-reactive ketones (excluding diaryl/α,β-unsaturated/α-hetero) is 1. The molecule has 0 unspecified atom stereocenters. The molecule has 3 nitrogen and oxygen atoms in total. The topological polar surface area (TPSA) is 34.9 Å². The van der Waals surface area contributed by atoms with Gasteiger partial charge in [0.15, 0.2) is 5.78 Å². The highest BCUT2D eigenvalue weighted by Gasteiger charge is 2.31. The third-order valence-corrected chi connectivity index (χ3v) is 3.94. The fourth-order valence-electron chi connectivity index (χ4n) is 2.79. The fourth-order valence-corrected chi connectivity index (χ4v) is 2.79. The van der Waals surface area contributed by atoms with E-state index >= 15 is 0 Å². The number of aromatic nitrogens is 2. The molecule has 2 heterocycles. The minimum Gasteiger partial charge on any atom is -0.350 e. The molecule has 0 aliphatic carbocycles. The van der Waals surface area contributed by atoms with Crippen LogP contribution < -0.4 is 0 Å². The van der Waals surface area contributed by atoms with Crippen LogP contribution in [0.5, 0.6) is 0 Å². The fraction of sp³-hybridized carbons (Fsp3) is 0.222. The summed E-state index contributed by atoms with van der Waals surface area (Å²) in [5.41, 5.74) is 1.72. The number of ketones is 1. The first-order valence-electron chi connectivity index (χ1n) is 7.37. The number of benzene rings is 1. The van der Waals surface area contributed by atoms with Gasteiger partial charge in [0.25, 0.3) is 0 Å². The summed E-state index contributed by atoms with van der Waals surface area (Å²) in [6, 6.07) is 7.00. The summed E-state index contributed by atoms with van der Waals surface area (Å²) in [5.74, 6) is -0.217. The van der Waals surface area contributed by atoms with Crippen molar-refractivity contribution in [3.63, 3.8) is 0 Å². The van der Waals surface area contributed by atoms with E-state index in [-0.39, 0.29) is 12.2 Å². The minimum absolute atomic E-state index is 0.124. The predicted molar refractivity (Wildman–Crippen MR) is 84.9 cm³/mol. The van der Waals surface area contributed by atoms with Crippen molar-refractivity contribution in [2.75, 3.05) is 0 Å². The summed E-state index contributed by atoms with van der Waals surface area (Å²) in [6.45, 7) is 1.82. The maximum Gasteiger partial charge on any atom is 0.416 e. The maximum atomic E-state index is 12.9. The van der Waals surface area contributed by atoms with E-state index in [4.69, 9.17) is 0 Å². The van der Waals surface area contributed by atoms with Crippen molar-refractivity contribution in [1.82, 2.24) is 9.55 Å². The normalized spacial score (nSPS) is 11.9. The number of aryl methyl sites for hydroxylation is 2. The lowest BCUT2D eigenvalue weighted by Crippen LogP contribution is -2.06. The molecular weight excluding hydrogens is 317 g/mol. The number of rotatable bonds is 3. The van der Waals surface area contributed by atoms with Crippen LogP contribution in [0, 0.1) is 6.92 Å². The Labute approximate surface area is 136 Å². The second-order valence-electron chi connectivity index (χ2n) is 5.79. The van der Waals surface area contributed by atoms with Crippen LogP contribution in [0.4, 0.5) is 13.2 Å². The van der Waals surface area contributed by atoms with Gasteiger partial charge in [0.05, 0.1) is 5.56 Å². The summed E-state index contributed by atoms with van der Waals surface area (Å²) in [7, 11) is 1.71. The summed E-state index contributed by atoms with van der Waals surface area (Å²) in [4.78, 5) is 16.7. The van der Waals surface area contributed by atoms with Gasteiger partial charge in [-0.25, -0.2) is 0 Å². The van der Waals surface area contributed by atoms with E-state index < -0.39 is 11.7 Å². The second kappa shape index (κ2) is 5.78. The summed E-state index contributed by atoms with van der Waals surface area (Å²) >= 11 is 0. The Kier molecular flexibility index (Phi) is 3.91. The number of pyridine rings is 1. The number of alkyl halides is 3. The Bertz CT molecular complexity index is 926. The highest BCUT2D eigenvalue weighted by Crippen LogP contribution is 2.33. The van der Waals surface area contributed by atoms with Crippen molar-refractivity contribution >= 4 is 16.7 Å². The summed E-state index contributed by atoms with van der Waals surface area (Å²) in [5, 5.41) is 0.322. The highest BCUT2D eigenvalue weighted by molar-refractivity contribution is 6.09. The van der Waals surface area contributed by atoms with Crippen LogP contribution in [-0.4, -0.2) is 15.3 Å².